The zero-order valence-corrected chi connectivity index (χ0v) is 10.5. The fourth-order valence-corrected chi connectivity index (χ4v) is 2.03. The van der Waals surface area contributed by atoms with Gasteiger partial charge in [-0.2, -0.15) is 0 Å². The molecule has 1 fully saturated rings. The second-order valence-electron chi connectivity index (χ2n) is 4.76. The predicted octanol–water partition coefficient (Wildman–Crippen LogP) is 2.80. The molecule has 0 radical (unpaired) electrons. The monoisotopic (exact) mass is 253 g/mol. The second kappa shape index (κ2) is 4.72. The number of para-hydroxylation sites is 1. The van der Waals surface area contributed by atoms with E-state index in [1.807, 2.05) is 36.4 Å². The van der Waals surface area contributed by atoms with Gasteiger partial charge in [-0.1, -0.05) is 18.2 Å². The molecule has 1 amide bonds. The van der Waals surface area contributed by atoms with Gasteiger partial charge < -0.3 is 11.1 Å². The number of anilines is 2. The maximum absolute atomic E-state index is 11.5. The molecule has 4 nitrogen and oxygen atoms in total. The highest BCUT2D eigenvalue weighted by Gasteiger charge is 2.26. The average molecular weight is 253 g/mol. The van der Waals surface area contributed by atoms with Crippen molar-refractivity contribution in [1.29, 1.82) is 0 Å². The van der Waals surface area contributed by atoms with Gasteiger partial charge in [-0.3, -0.25) is 4.79 Å². The van der Waals surface area contributed by atoms with Crippen LogP contribution in [0, 0.1) is 0 Å². The van der Waals surface area contributed by atoms with Crippen molar-refractivity contribution in [1.82, 2.24) is 4.98 Å². The number of benzene rings is 1. The lowest BCUT2D eigenvalue weighted by Crippen LogP contribution is -2.14. The Morgan fingerprint density at radius 2 is 1.89 bits per heavy atom. The van der Waals surface area contributed by atoms with E-state index in [0.29, 0.717) is 17.3 Å². The van der Waals surface area contributed by atoms with Crippen LogP contribution < -0.4 is 11.1 Å². The zero-order chi connectivity index (χ0) is 13.2. The van der Waals surface area contributed by atoms with Crippen LogP contribution in [0.3, 0.4) is 0 Å². The third kappa shape index (κ3) is 2.57. The number of pyridine rings is 1. The van der Waals surface area contributed by atoms with Gasteiger partial charge in [0.1, 0.15) is 5.82 Å². The molecule has 0 atom stereocenters. The van der Waals surface area contributed by atoms with Crippen molar-refractivity contribution >= 4 is 17.4 Å². The number of hydrogen-bond donors (Lipinski definition) is 2. The maximum atomic E-state index is 11.5. The summed E-state index contributed by atoms with van der Waals surface area (Å²) in [4.78, 5) is 16.0. The number of rotatable bonds is 4. The predicted molar refractivity (Wildman–Crippen MR) is 74.5 cm³/mol. The summed E-state index contributed by atoms with van der Waals surface area (Å²) in [5.41, 5.74) is 7.74. The van der Waals surface area contributed by atoms with Gasteiger partial charge in [-0.25, -0.2) is 4.98 Å². The molecule has 4 heteroatoms. The first-order valence-electron chi connectivity index (χ1n) is 6.37. The molecule has 3 rings (SSSR count). The summed E-state index contributed by atoms with van der Waals surface area (Å²) in [5, 5.41) is 3.16. The number of nitrogens with two attached hydrogens (primary N) is 1. The number of amides is 1. The van der Waals surface area contributed by atoms with Crippen LogP contribution in [0.1, 0.15) is 34.8 Å². The largest absolute Gasteiger partial charge is 0.365 e. The number of nitrogens with one attached hydrogen (secondary N) is 1. The Bertz CT molecular complexity index is 606. The van der Waals surface area contributed by atoms with E-state index >= 15 is 0 Å². The Kier molecular flexibility index (Phi) is 2.91. The summed E-state index contributed by atoms with van der Waals surface area (Å²) >= 11 is 0. The zero-order valence-electron chi connectivity index (χ0n) is 10.5. The first-order chi connectivity index (χ1) is 9.24. The SMILES string of the molecule is NC(=O)c1ccc(C2CC2)nc1Nc1ccccc1. The highest BCUT2D eigenvalue weighted by Crippen LogP contribution is 2.39. The van der Waals surface area contributed by atoms with Crippen molar-refractivity contribution < 1.29 is 4.79 Å². The van der Waals surface area contributed by atoms with Crippen molar-refractivity contribution in [3.63, 3.8) is 0 Å². The van der Waals surface area contributed by atoms with Gasteiger partial charge in [0.25, 0.3) is 5.91 Å². The van der Waals surface area contributed by atoms with Crippen LogP contribution in [0.4, 0.5) is 11.5 Å². The molecule has 96 valence electrons. The smallest absolute Gasteiger partial charge is 0.252 e. The quantitative estimate of drug-likeness (QED) is 0.880. The van der Waals surface area contributed by atoms with Crippen LogP contribution in [0.25, 0.3) is 0 Å². The molecular formula is C15H15N3O. The summed E-state index contributed by atoms with van der Waals surface area (Å²) in [7, 11) is 0. The van der Waals surface area contributed by atoms with Crippen LogP contribution in [0.5, 0.6) is 0 Å². The Morgan fingerprint density at radius 1 is 1.16 bits per heavy atom. The van der Waals surface area contributed by atoms with E-state index in [1.54, 1.807) is 6.07 Å². The van der Waals surface area contributed by atoms with Crippen LogP contribution in [0.15, 0.2) is 42.5 Å². The van der Waals surface area contributed by atoms with Crippen molar-refractivity contribution in [2.75, 3.05) is 5.32 Å². The van der Waals surface area contributed by atoms with Gasteiger partial charge in [0.05, 0.1) is 5.56 Å². The molecule has 1 aliphatic carbocycles. The van der Waals surface area contributed by atoms with E-state index in [9.17, 15) is 4.79 Å². The molecule has 19 heavy (non-hydrogen) atoms. The van der Waals surface area contributed by atoms with Gasteiger partial charge in [-0.15, -0.1) is 0 Å². The number of primary amides is 1. The van der Waals surface area contributed by atoms with Gasteiger partial charge in [-0.05, 0) is 37.1 Å². The number of carbonyl (C=O) groups is 1. The molecule has 0 spiro atoms. The third-order valence-corrected chi connectivity index (χ3v) is 3.21. The molecule has 1 aromatic heterocycles. The first-order valence-corrected chi connectivity index (χ1v) is 6.37. The van der Waals surface area contributed by atoms with Crippen LogP contribution in [-0.2, 0) is 0 Å². The van der Waals surface area contributed by atoms with E-state index in [1.165, 1.54) is 12.8 Å². The minimum atomic E-state index is -0.465. The number of aromatic nitrogens is 1. The molecule has 0 unspecified atom stereocenters. The van der Waals surface area contributed by atoms with E-state index < -0.39 is 5.91 Å². The number of hydrogen-bond acceptors (Lipinski definition) is 3. The molecule has 0 bridgehead atoms. The topological polar surface area (TPSA) is 68.0 Å². The standard InChI is InChI=1S/C15H15N3O/c16-14(19)12-8-9-13(10-6-7-10)18-15(12)17-11-4-2-1-3-5-11/h1-5,8-10H,6-7H2,(H2,16,19)(H,17,18). The molecule has 1 heterocycles. The minimum absolute atomic E-state index is 0.424. The molecule has 3 N–H and O–H groups in total. The normalized spacial score (nSPS) is 14.1. The molecule has 0 aliphatic heterocycles. The van der Waals surface area contributed by atoms with E-state index in [0.717, 1.165) is 11.4 Å². The van der Waals surface area contributed by atoms with Gasteiger partial charge in [0.2, 0.25) is 0 Å². The Hall–Kier alpha value is -2.36. The summed E-state index contributed by atoms with van der Waals surface area (Å²) in [6.07, 6.45) is 2.35. The molecular weight excluding hydrogens is 238 g/mol. The Labute approximate surface area is 111 Å². The van der Waals surface area contributed by atoms with E-state index in [-0.39, 0.29) is 0 Å². The Balaban J connectivity index is 1.96. The van der Waals surface area contributed by atoms with Gasteiger partial charge in [0, 0.05) is 17.3 Å². The van der Waals surface area contributed by atoms with E-state index in [2.05, 4.69) is 10.3 Å². The highest BCUT2D eigenvalue weighted by atomic mass is 16.1. The molecule has 0 saturated heterocycles. The lowest BCUT2D eigenvalue weighted by atomic mass is 10.2. The highest BCUT2D eigenvalue weighted by molar-refractivity contribution is 5.98. The van der Waals surface area contributed by atoms with Gasteiger partial charge in [0.15, 0.2) is 0 Å². The molecule has 1 saturated carbocycles. The van der Waals surface area contributed by atoms with Gasteiger partial charge >= 0.3 is 0 Å². The van der Waals surface area contributed by atoms with Crippen molar-refractivity contribution in [3.05, 3.63) is 53.7 Å². The molecule has 1 aromatic carbocycles. The number of nitrogens with zero attached hydrogens (tertiary/aromatic N) is 1. The average Bonchev–Trinajstić information content (AvgIpc) is 3.24. The summed E-state index contributed by atoms with van der Waals surface area (Å²) in [6.45, 7) is 0. The first kappa shape index (κ1) is 11.7. The summed E-state index contributed by atoms with van der Waals surface area (Å²) in [6, 6.07) is 13.3. The summed E-state index contributed by atoms with van der Waals surface area (Å²) in [5.74, 6) is 0.620. The second-order valence-corrected chi connectivity index (χ2v) is 4.76. The fourth-order valence-electron chi connectivity index (χ4n) is 2.03. The lowest BCUT2D eigenvalue weighted by Gasteiger charge is -2.10. The van der Waals surface area contributed by atoms with Crippen molar-refractivity contribution in [2.45, 2.75) is 18.8 Å². The maximum Gasteiger partial charge on any atom is 0.252 e. The molecule has 1 aliphatic rings. The van der Waals surface area contributed by atoms with Crippen molar-refractivity contribution in [3.8, 4) is 0 Å². The van der Waals surface area contributed by atoms with E-state index in [4.69, 9.17) is 5.73 Å². The Morgan fingerprint density at radius 3 is 2.53 bits per heavy atom. The molecule has 2 aromatic rings. The van der Waals surface area contributed by atoms with Crippen LogP contribution >= 0.6 is 0 Å². The van der Waals surface area contributed by atoms with Crippen LogP contribution in [0.2, 0.25) is 0 Å². The summed E-state index contributed by atoms with van der Waals surface area (Å²) < 4.78 is 0. The van der Waals surface area contributed by atoms with Crippen LogP contribution in [-0.4, -0.2) is 10.9 Å². The fraction of sp³-hybridized carbons (Fsp3) is 0.200. The third-order valence-electron chi connectivity index (χ3n) is 3.21. The van der Waals surface area contributed by atoms with Crippen molar-refractivity contribution in [2.24, 2.45) is 5.73 Å². The lowest BCUT2D eigenvalue weighted by molar-refractivity contribution is 0.100. The minimum Gasteiger partial charge on any atom is -0.365 e. The number of carbonyl (C=O) groups excluding carboxylic acids is 1.